The monoisotopic (exact) mass is 368 g/mol. The molecule has 3 atom stereocenters. The molecule has 0 amide bonds. The zero-order valence-corrected chi connectivity index (χ0v) is 16.1. The Morgan fingerprint density at radius 1 is 1.38 bits per heavy atom. The van der Waals surface area contributed by atoms with Crippen molar-refractivity contribution < 1.29 is 33.3 Å². The minimum atomic E-state index is -1.59. The zero-order valence-electron chi connectivity index (χ0n) is 16.1. The summed E-state index contributed by atoms with van der Waals surface area (Å²) in [5.74, 6) is -2.68. The Hall–Kier alpha value is -1.99. The average Bonchev–Trinajstić information content (AvgIpc) is 2.63. The molecule has 1 aliphatic rings. The third kappa shape index (κ3) is 4.40. The molecule has 0 aromatic rings. The summed E-state index contributed by atoms with van der Waals surface area (Å²) in [7, 11) is 2.63. The van der Waals surface area contributed by atoms with Crippen LogP contribution in [-0.4, -0.2) is 50.4 Å². The highest BCUT2D eigenvalue weighted by Crippen LogP contribution is 2.46. The van der Waals surface area contributed by atoms with E-state index in [1.807, 2.05) is 0 Å². The Morgan fingerprint density at radius 2 is 2.04 bits per heavy atom. The van der Waals surface area contributed by atoms with Gasteiger partial charge in [-0.2, -0.15) is 0 Å². The molecule has 146 valence electrons. The second-order valence-corrected chi connectivity index (χ2v) is 6.65. The van der Waals surface area contributed by atoms with E-state index in [0.717, 1.165) is 0 Å². The molecular weight excluding hydrogens is 340 g/mol. The van der Waals surface area contributed by atoms with Gasteiger partial charge < -0.3 is 23.7 Å². The summed E-state index contributed by atoms with van der Waals surface area (Å²) in [5.41, 5.74) is -0.705. The van der Waals surface area contributed by atoms with E-state index in [1.54, 1.807) is 26.8 Å². The molecule has 1 fully saturated rings. The third-order valence-corrected chi connectivity index (χ3v) is 4.46. The van der Waals surface area contributed by atoms with Crippen molar-refractivity contribution in [2.45, 2.75) is 58.0 Å². The van der Waals surface area contributed by atoms with Gasteiger partial charge >= 0.3 is 11.9 Å². The Morgan fingerprint density at radius 3 is 2.50 bits per heavy atom. The zero-order chi connectivity index (χ0) is 20.0. The van der Waals surface area contributed by atoms with Crippen LogP contribution in [0.4, 0.5) is 0 Å². The number of aldehydes is 1. The molecule has 26 heavy (non-hydrogen) atoms. The summed E-state index contributed by atoms with van der Waals surface area (Å²) < 4.78 is 22.1. The van der Waals surface area contributed by atoms with E-state index in [9.17, 15) is 14.4 Å². The van der Waals surface area contributed by atoms with Crippen molar-refractivity contribution in [2.24, 2.45) is 5.41 Å². The van der Waals surface area contributed by atoms with Crippen molar-refractivity contribution in [1.82, 2.24) is 0 Å². The topological polar surface area (TPSA) is 88.1 Å². The van der Waals surface area contributed by atoms with Crippen LogP contribution in [0.1, 0.15) is 40.0 Å². The van der Waals surface area contributed by atoms with E-state index >= 15 is 0 Å². The standard InChI is InChI=1S/C19H28O7/c1-7-9-14-10-13(11-16(22)23-5)17(25-15(21)8-2)19(24-6,26-14)18(3,4)12-20/h7,11-12,14,17H,1,8-10H2,2-6H3/b13-11+/t14?,17-,19+/m0/s1. The molecule has 7 nitrogen and oxygen atoms in total. The lowest BCUT2D eigenvalue weighted by molar-refractivity contribution is -0.334. The maximum absolute atomic E-state index is 12.0. The van der Waals surface area contributed by atoms with Crippen LogP contribution in [0, 0.1) is 5.41 Å². The summed E-state index contributed by atoms with van der Waals surface area (Å²) in [4.78, 5) is 35.7. The van der Waals surface area contributed by atoms with Crippen molar-refractivity contribution in [3.8, 4) is 0 Å². The Balaban J connectivity index is 3.57. The van der Waals surface area contributed by atoms with Crippen LogP contribution in [0.15, 0.2) is 24.3 Å². The van der Waals surface area contributed by atoms with E-state index in [0.29, 0.717) is 24.7 Å². The molecule has 0 aromatic carbocycles. The third-order valence-electron chi connectivity index (χ3n) is 4.46. The highest BCUT2D eigenvalue weighted by Gasteiger charge is 2.59. The predicted molar refractivity (Wildman–Crippen MR) is 94.2 cm³/mol. The summed E-state index contributed by atoms with van der Waals surface area (Å²) >= 11 is 0. The van der Waals surface area contributed by atoms with Crippen LogP contribution in [0.5, 0.6) is 0 Å². The van der Waals surface area contributed by atoms with Gasteiger partial charge in [0.25, 0.3) is 0 Å². The maximum atomic E-state index is 12.0. The largest absolute Gasteiger partial charge is 0.466 e. The van der Waals surface area contributed by atoms with Gasteiger partial charge in [-0.25, -0.2) is 4.79 Å². The lowest BCUT2D eigenvalue weighted by Gasteiger charge is -2.51. The van der Waals surface area contributed by atoms with Gasteiger partial charge in [-0.15, -0.1) is 6.58 Å². The molecular formula is C19H28O7. The molecule has 0 aliphatic carbocycles. The van der Waals surface area contributed by atoms with Crippen molar-refractivity contribution in [2.75, 3.05) is 14.2 Å². The molecule has 1 unspecified atom stereocenters. The number of carbonyl (C=O) groups excluding carboxylic acids is 3. The molecule has 1 aliphatic heterocycles. The smallest absolute Gasteiger partial charge is 0.330 e. The van der Waals surface area contributed by atoms with Crippen LogP contribution >= 0.6 is 0 Å². The number of carbonyl (C=O) groups is 3. The fraction of sp³-hybridized carbons (Fsp3) is 0.632. The summed E-state index contributed by atoms with van der Waals surface area (Å²) in [6, 6.07) is 0. The van der Waals surface area contributed by atoms with Crippen LogP contribution in [0.2, 0.25) is 0 Å². The number of hydrogen-bond donors (Lipinski definition) is 0. The molecule has 0 radical (unpaired) electrons. The second-order valence-electron chi connectivity index (χ2n) is 6.65. The van der Waals surface area contributed by atoms with Gasteiger partial charge in [-0.3, -0.25) is 4.79 Å². The van der Waals surface area contributed by atoms with Crippen LogP contribution < -0.4 is 0 Å². The van der Waals surface area contributed by atoms with E-state index < -0.39 is 35.3 Å². The maximum Gasteiger partial charge on any atom is 0.330 e. The van der Waals surface area contributed by atoms with E-state index in [2.05, 4.69) is 6.58 Å². The van der Waals surface area contributed by atoms with E-state index in [-0.39, 0.29) is 6.42 Å². The first-order valence-corrected chi connectivity index (χ1v) is 8.49. The number of methoxy groups -OCH3 is 2. The van der Waals surface area contributed by atoms with E-state index in [4.69, 9.17) is 18.9 Å². The highest BCUT2D eigenvalue weighted by atomic mass is 16.7. The summed E-state index contributed by atoms with van der Waals surface area (Å²) in [5, 5.41) is 0. The van der Waals surface area contributed by atoms with Crippen LogP contribution in [-0.2, 0) is 33.3 Å². The normalized spacial score (nSPS) is 27.7. The molecule has 0 spiro atoms. The lowest BCUT2D eigenvalue weighted by atomic mass is 9.75. The summed E-state index contributed by atoms with van der Waals surface area (Å²) in [6.45, 7) is 8.61. The van der Waals surface area contributed by atoms with Crippen molar-refractivity contribution in [3.63, 3.8) is 0 Å². The predicted octanol–water partition coefficient (Wildman–Crippen LogP) is 2.34. The van der Waals surface area contributed by atoms with E-state index in [1.165, 1.54) is 20.3 Å². The van der Waals surface area contributed by atoms with Gasteiger partial charge in [0, 0.05) is 19.6 Å². The fourth-order valence-electron chi connectivity index (χ4n) is 2.99. The van der Waals surface area contributed by atoms with Crippen LogP contribution in [0.3, 0.4) is 0 Å². The minimum absolute atomic E-state index is 0.124. The van der Waals surface area contributed by atoms with Crippen LogP contribution in [0.25, 0.3) is 0 Å². The Kier molecular flexibility index (Phi) is 7.71. The van der Waals surface area contributed by atoms with Gasteiger partial charge in [-0.1, -0.05) is 13.0 Å². The molecule has 0 N–H and O–H groups in total. The highest BCUT2D eigenvalue weighted by molar-refractivity contribution is 5.83. The molecule has 7 heteroatoms. The fourth-order valence-corrected chi connectivity index (χ4v) is 2.99. The SMILES string of the molecule is C=CCC1C/C(=C\C(=O)OC)[C@H](OC(=O)CC)[C@](OC)(C(C)(C)C=O)O1. The molecule has 1 saturated heterocycles. The summed E-state index contributed by atoms with van der Waals surface area (Å²) in [6.07, 6.45) is 3.05. The van der Waals surface area contributed by atoms with Crippen molar-refractivity contribution in [1.29, 1.82) is 0 Å². The average molecular weight is 368 g/mol. The number of esters is 2. The minimum Gasteiger partial charge on any atom is -0.466 e. The number of rotatable bonds is 8. The van der Waals surface area contributed by atoms with Gasteiger partial charge in [0.15, 0.2) is 6.10 Å². The molecule has 0 saturated carbocycles. The van der Waals surface area contributed by atoms with Gasteiger partial charge in [-0.05, 0) is 32.3 Å². The van der Waals surface area contributed by atoms with Gasteiger partial charge in [0.1, 0.15) is 6.29 Å². The van der Waals surface area contributed by atoms with Gasteiger partial charge in [0.05, 0.1) is 18.6 Å². The quantitative estimate of drug-likeness (QED) is 0.281. The first-order chi connectivity index (χ1) is 12.2. The lowest BCUT2D eigenvalue weighted by Crippen LogP contribution is -2.63. The van der Waals surface area contributed by atoms with Crippen molar-refractivity contribution in [3.05, 3.63) is 24.3 Å². The number of hydrogen-bond acceptors (Lipinski definition) is 7. The number of ether oxygens (including phenoxy) is 4. The molecule has 0 bridgehead atoms. The molecule has 0 aromatic heterocycles. The Labute approximate surface area is 154 Å². The molecule has 1 rings (SSSR count). The van der Waals surface area contributed by atoms with Gasteiger partial charge in [0.2, 0.25) is 5.79 Å². The molecule has 1 heterocycles. The van der Waals surface area contributed by atoms with Crippen molar-refractivity contribution >= 4 is 18.2 Å². The first-order valence-electron chi connectivity index (χ1n) is 8.49. The Bertz CT molecular complexity index is 578. The first kappa shape index (κ1) is 22.1. The second kappa shape index (κ2) is 9.09.